The smallest absolute Gasteiger partial charge is 0.154 e. The second-order valence-electron chi connectivity index (χ2n) is 10.4. The average Bonchev–Trinajstić information content (AvgIpc) is 3.59. The summed E-state index contributed by atoms with van der Waals surface area (Å²) in [6.45, 7) is 4.58. The molecule has 0 radical (unpaired) electrons. The molecule has 4 aromatic rings. The molecule has 11 heteroatoms. The van der Waals surface area contributed by atoms with Gasteiger partial charge in [0.05, 0.1) is 23.7 Å². The Morgan fingerprint density at radius 2 is 1.79 bits per heavy atom. The van der Waals surface area contributed by atoms with Gasteiger partial charge >= 0.3 is 0 Å². The van der Waals surface area contributed by atoms with E-state index >= 15 is 0 Å². The molecule has 0 amide bonds. The van der Waals surface area contributed by atoms with E-state index in [9.17, 15) is 12.8 Å². The molecule has 9 nitrogen and oxygen atoms in total. The van der Waals surface area contributed by atoms with E-state index in [0.717, 1.165) is 79.8 Å². The van der Waals surface area contributed by atoms with Crippen molar-refractivity contribution in [2.24, 2.45) is 0 Å². The minimum absolute atomic E-state index is 0.0789. The van der Waals surface area contributed by atoms with Crippen LogP contribution in [0.1, 0.15) is 24.4 Å². The van der Waals surface area contributed by atoms with E-state index in [1.165, 1.54) is 12.3 Å². The summed E-state index contributed by atoms with van der Waals surface area (Å²) in [4.78, 5) is 16.2. The summed E-state index contributed by atoms with van der Waals surface area (Å²) in [5, 5.41) is 4.96. The third-order valence-electron chi connectivity index (χ3n) is 7.60. The van der Waals surface area contributed by atoms with Crippen molar-refractivity contribution < 1.29 is 12.8 Å². The van der Waals surface area contributed by atoms with Crippen LogP contribution in [0.5, 0.6) is 0 Å². The maximum absolute atomic E-state index is 13.9. The third kappa shape index (κ3) is 5.60. The van der Waals surface area contributed by atoms with Crippen molar-refractivity contribution in [1.82, 2.24) is 24.5 Å². The van der Waals surface area contributed by atoms with E-state index in [0.29, 0.717) is 6.54 Å². The van der Waals surface area contributed by atoms with E-state index in [-0.39, 0.29) is 17.6 Å². The lowest BCUT2D eigenvalue weighted by Gasteiger charge is -2.35. The first kappa shape index (κ1) is 25.7. The number of imidazole rings is 1. The SMILES string of the molecule is CS(=O)(=O)CCN1CCN(c2cccc(-c3cnc4ccc(N5CCCC5c5cccc(F)c5)nn34)n2)CC1. The Morgan fingerprint density at radius 3 is 2.59 bits per heavy atom. The van der Waals surface area contributed by atoms with Crippen LogP contribution in [0.15, 0.2) is 60.8 Å². The van der Waals surface area contributed by atoms with Gasteiger partial charge in [-0.05, 0) is 54.8 Å². The normalized spacial score (nSPS) is 18.8. The van der Waals surface area contributed by atoms with Crippen molar-refractivity contribution in [3.05, 3.63) is 72.2 Å². The number of benzene rings is 1. The lowest BCUT2D eigenvalue weighted by atomic mass is 10.0. The van der Waals surface area contributed by atoms with Crippen molar-refractivity contribution in [2.45, 2.75) is 18.9 Å². The van der Waals surface area contributed by atoms with Gasteiger partial charge in [0.15, 0.2) is 5.65 Å². The molecule has 2 saturated heterocycles. The first-order chi connectivity index (χ1) is 18.8. The second-order valence-corrected chi connectivity index (χ2v) is 12.6. The minimum atomic E-state index is -2.97. The summed E-state index contributed by atoms with van der Waals surface area (Å²) < 4.78 is 38.8. The molecule has 204 valence electrons. The molecule has 1 aromatic carbocycles. The first-order valence-corrected chi connectivity index (χ1v) is 15.4. The number of aromatic nitrogens is 4. The summed E-state index contributed by atoms with van der Waals surface area (Å²) in [5.41, 5.74) is 3.29. The zero-order chi connectivity index (χ0) is 27.0. The van der Waals surface area contributed by atoms with Crippen molar-refractivity contribution in [2.75, 3.05) is 61.1 Å². The largest absolute Gasteiger partial charge is 0.354 e. The van der Waals surface area contributed by atoms with Gasteiger partial charge in [0, 0.05) is 45.5 Å². The van der Waals surface area contributed by atoms with Crippen molar-refractivity contribution >= 4 is 27.1 Å². The van der Waals surface area contributed by atoms with Crippen LogP contribution in [0.3, 0.4) is 0 Å². The topological polar surface area (TPSA) is 86.9 Å². The molecule has 2 aliphatic rings. The molecule has 6 rings (SSSR count). The molecule has 0 N–H and O–H groups in total. The summed E-state index contributed by atoms with van der Waals surface area (Å²) in [6, 6.07) is 16.8. The fraction of sp³-hybridized carbons (Fsp3) is 0.393. The fourth-order valence-corrected chi connectivity index (χ4v) is 6.12. The number of anilines is 2. The highest BCUT2D eigenvalue weighted by molar-refractivity contribution is 7.90. The highest BCUT2D eigenvalue weighted by Crippen LogP contribution is 2.35. The van der Waals surface area contributed by atoms with Crippen LogP contribution < -0.4 is 9.80 Å². The number of pyridine rings is 1. The minimum Gasteiger partial charge on any atom is -0.354 e. The summed E-state index contributed by atoms with van der Waals surface area (Å²) >= 11 is 0. The Balaban J connectivity index is 1.23. The maximum atomic E-state index is 13.9. The predicted molar refractivity (Wildman–Crippen MR) is 150 cm³/mol. The molecule has 2 fully saturated rings. The van der Waals surface area contributed by atoms with Crippen molar-refractivity contribution in [3.63, 3.8) is 0 Å². The Labute approximate surface area is 227 Å². The fourth-order valence-electron chi connectivity index (χ4n) is 5.53. The van der Waals surface area contributed by atoms with Crippen molar-refractivity contribution in [1.29, 1.82) is 0 Å². The van der Waals surface area contributed by atoms with Gasteiger partial charge in [0.1, 0.15) is 33.0 Å². The Hall–Kier alpha value is -3.57. The van der Waals surface area contributed by atoms with Gasteiger partial charge in [-0.25, -0.2) is 27.3 Å². The van der Waals surface area contributed by atoms with Gasteiger partial charge in [-0.3, -0.25) is 4.90 Å². The number of fused-ring (bicyclic) bond motifs is 1. The highest BCUT2D eigenvalue weighted by Gasteiger charge is 2.28. The lowest BCUT2D eigenvalue weighted by molar-refractivity contribution is 0.271. The summed E-state index contributed by atoms with van der Waals surface area (Å²) in [7, 11) is -2.97. The Morgan fingerprint density at radius 1 is 0.974 bits per heavy atom. The molecule has 0 bridgehead atoms. The second kappa shape index (κ2) is 10.5. The van der Waals surface area contributed by atoms with Gasteiger partial charge in [0.2, 0.25) is 0 Å². The zero-order valence-electron chi connectivity index (χ0n) is 21.9. The molecule has 0 saturated carbocycles. The number of hydrogen-bond acceptors (Lipinski definition) is 8. The number of piperazine rings is 1. The Bertz CT molecular complexity index is 1580. The van der Waals surface area contributed by atoms with Crippen LogP contribution >= 0.6 is 0 Å². The number of rotatable bonds is 7. The molecule has 5 heterocycles. The maximum Gasteiger partial charge on any atom is 0.154 e. The molecule has 2 aliphatic heterocycles. The molecule has 3 aromatic heterocycles. The number of sulfone groups is 1. The van der Waals surface area contributed by atoms with E-state index in [2.05, 4.69) is 19.7 Å². The van der Waals surface area contributed by atoms with E-state index in [1.807, 2.05) is 40.9 Å². The average molecular weight is 550 g/mol. The number of hydrogen-bond donors (Lipinski definition) is 0. The van der Waals surface area contributed by atoms with Crippen LogP contribution in [-0.4, -0.2) is 84.2 Å². The van der Waals surface area contributed by atoms with Crippen LogP contribution in [0.4, 0.5) is 16.0 Å². The highest BCUT2D eigenvalue weighted by atomic mass is 32.2. The quantitative estimate of drug-likeness (QED) is 0.347. The molecule has 0 spiro atoms. The van der Waals surface area contributed by atoms with Gasteiger partial charge in [-0.15, -0.1) is 5.10 Å². The van der Waals surface area contributed by atoms with Crippen molar-refractivity contribution in [3.8, 4) is 11.4 Å². The molecule has 1 atom stereocenters. The van der Waals surface area contributed by atoms with Crippen LogP contribution in [0, 0.1) is 5.82 Å². The van der Waals surface area contributed by atoms with Gasteiger partial charge in [-0.1, -0.05) is 18.2 Å². The van der Waals surface area contributed by atoms with Gasteiger partial charge in [0.25, 0.3) is 0 Å². The Kier molecular flexibility index (Phi) is 6.94. The first-order valence-electron chi connectivity index (χ1n) is 13.3. The van der Waals surface area contributed by atoms with Crippen LogP contribution in [0.25, 0.3) is 17.0 Å². The molecular formula is C28H32FN7O2S. The third-order valence-corrected chi connectivity index (χ3v) is 8.52. The van der Waals surface area contributed by atoms with Gasteiger partial charge < -0.3 is 9.80 Å². The van der Waals surface area contributed by atoms with E-state index in [4.69, 9.17) is 10.1 Å². The summed E-state index contributed by atoms with van der Waals surface area (Å²) in [6.07, 6.45) is 5.05. The molecular weight excluding hydrogens is 517 g/mol. The molecule has 0 aliphatic carbocycles. The van der Waals surface area contributed by atoms with Crippen LogP contribution in [0.2, 0.25) is 0 Å². The zero-order valence-corrected chi connectivity index (χ0v) is 22.8. The van der Waals surface area contributed by atoms with E-state index in [1.54, 1.807) is 18.3 Å². The molecule has 1 unspecified atom stereocenters. The van der Waals surface area contributed by atoms with Gasteiger partial charge in [-0.2, -0.15) is 0 Å². The summed E-state index contributed by atoms with van der Waals surface area (Å²) in [5.74, 6) is 1.67. The standard InChI is InChI=1S/C28H32FN7O2S/c1-39(37,38)18-17-33-13-15-34(16-14-33)27-9-3-7-23(31-27)25-20-30-26-10-11-28(32-36(25)26)35-12-4-8-24(35)21-5-2-6-22(29)19-21/h2-3,5-7,9-11,19-20,24H,4,8,12-18H2,1H3. The predicted octanol–water partition coefficient (Wildman–Crippen LogP) is 3.44. The number of halogens is 1. The van der Waals surface area contributed by atoms with Crippen LogP contribution in [-0.2, 0) is 9.84 Å². The monoisotopic (exact) mass is 549 g/mol. The lowest BCUT2D eigenvalue weighted by Crippen LogP contribution is -2.47. The van der Waals surface area contributed by atoms with E-state index < -0.39 is 9.84 Å². The number of nitrogens with zero attached hydrogens (tertiary/aromatic N) is 7. The molecule has 39 heavy (non-hydrogen) atoms.